The molecule has 1 aliphatic heterocycles. The van der Waals surface area contributed by atoms with Gasteiger partial charge in [0, 0.05) is 40.3 Å². The van der Waals surface area contributed by atoms with E-state index < -0.39 is 35.3 Å². The number of phenols is 1. The van der Waals surface area contributed by atoms with Gasteiger partial charge in [0.05, 0.1) is 36.1 Å². The first-order valence-electron chi connectivity index (χ1n) is 21.3. The van der Waals surface area contributed by atoms with Gasteiger partial charge in [0.2, 0.25) is 0 Å². The number of carbonyl (C=O) groups excluding carboxylic acids is 1. The van der Waals surface area contributed by atoms with Crippen LogP contribution in [0.15, 0.2) is 75.5 Å². The maximum absolute atomic E-state index is 13.5. The van der Waals surface area contributed by atoms with Crippen LogP contribution in [0.25, 0.3) is 33.4 Å². The molecule has 0 saturated heterocycles. The number of carbonyl (C=O) groups is 2. The summed E-state index contributed by atoms with van der Waals surface area (Å²) in [6.07, 6.45) is 3.78. The molecular weight excluding hydrogens is 799 g/mol. The monoisotopic (exact) mass is 853 g/mol. The predicted octanol–water partition coefficient (Wildman–Crippen LogP) is 7.30. The minimum atomic E-state index is -1.38. The fraction of sp³-hybridized carbons (Fsp3) is 0.500. The van der Waals surface area contributed by atoms with E-state index in [1.807, 2.05) is 13.0 Å². The van der Waals surface area contributed by atoms with Crippen LogP contribution in [0.1, 0.15) is 89.4 Å². The second-order valence-electron chi connectivity index (χ2n) is 19.0. The molecular formula is C48H55NO11S. The first-order chi connectivity index (χ1) is 28.8. The Morgan fingerprint density at radius 3 is 2.46 bits per heavy atom. The van der Waals surface area contributed by atoms with Gasteiger partial charge in [-0.2, -0.15) is 0 Å². The number of ketones is 1. The fourth-order valence-electron chi connectivity index (χ4n) is 11.9. The Kier molecular flexibility index (Phi) is 11.2. The second-order valence-corrected chi connectivity index (χ2v) is 19.4. The van der Waals surface area contributed by atoms with E-state index in [9.17, 15) is 45.0 Å². The maximum atomic E-state index is 13.5. The fourth-order valence-corrected chi connectivity index (χ4v) is 12.1. The Balaban J connectivity index is 0.896. The van der Waals surface area contributed by atoms with Crippen LogP contribution in [0.5, 0.6) is 5.75 Å². The van der Waals surface area contributed by atoms with Crippen molar-refractivity contribution in [2.24, 2.45) is 40.4 Å². The van der Waals surface area contributed by atoms with E-state index in [-0.39, 0.29) is 87.1 Å². The molecule has 3 saturated carbocycles. The van der Waals surface area contributed by atoms with E-state index >= 15 is 0 Å². The maximum Gasteiger partial charge on any atom is 0.336 e. The number of anilines is 1. The highest BCUT2D eigenvalue weighted by atomic mass is 32.1. The largest absolute Gasteiger partial charge is 0.508 e. The number of nitrogens with one attached hydrogen (secondary N) is 1. The number of phenolic OH excluding ortho intramolecular Hbond substituents is 1. The number of fused-ring (bicyclic) bond motifs is 7. The Bertz CT molecular complexity index is 2460. The zero-order valence-electron chi connectivity index (χ0n) is 34.9. The van der Waals surface area contributed by atoms with Crippen molar-refractivity contribution in [3.05, 3.63) is 82.0 Å². The minimum absolute atomic E-state index is 0.0280. The lowest BCUT2D eigenvalue weighted by atomic mass is 9.47. The Labute approximate surface area is 359 Å². The van der Waals surface area contributed by atoms with Gasteiger partial charge in [-0.3, -0.25) is 9.59 Å². The lowest BCUT2D eigenvalue weighted by Crippen LogP contribution is -2.57. The van der Waals surface area contributed by atoms with Crippen LogP contribution < -0.4 is 10.7 Å². The number of rotatable bonds is 10. The molecule has 8 rings (SSSR count). The highest BCUT2D eigenvalue weighted by Gasteiger charge is 2.63. The summed E-state index contributed by atoms with van der Waals surface area (Å²) in [4.78, 5) is 38.4. The van der Waals surface area contributed by atoms with E-state index in [0.29, 0.717) is 47.0 Å². The van der Waals surface area contributed by atoms with Crippen molar-refractivity contribution in [2.75, 3.05) is 11.9 Å². The zero-order valence-corrected chi connectivity index (χ0v) is 35.7. The van der Waals surface area contributed by atoms with Crippen LogP contribution >= 0.6 is 12.2 Å². The number of benzene rings is 3. The molecule has 1 heterocycles. The van der Waals surface area contributed by atoms with E-state index in [1.54, 1.807) is 31.2 Å². The third-order valence-electron chi connectivity index (χ3n) is 15.2. The summed E-state index contributed by atoms with van der Waals surface area (Å²) >= 11 is 5.49. The molecule has 61 heavy (non-hydrogen) atoms. The standard InChI is InChI=1S/C48H55NO11S/c1-24(5-14-42(55)48(4,58)41-13-12-33-32-20-36(52)35-21-37(53)38(54)22-47(35,3)34(32)15-16-46(33,41)2)23-59-45(61)49-25-6-9-28(31(17-25)44(56)57)43-29-10-7-26(50)18-39(29)60-40-19-27(51)8-11-30(40)43/h6-11,17-20,24,33-35,37-38,41-42,50,53-55,58H,5,12-16,21-23H2,1-4H3,(H,49,61)(H,56,57)/t24?,33?,34?,35?,37?,38?,41-,42+,46-,47+,48+/m0/s1. The van der Waals surface area contributed by atoms with Crippen LogP contribution in [-0.4, -0.2) is 78.1 Å². The highest BCUT2D eigenvalue weighted by Crippen LogP contribution is 2.67. The van der Waals surface area contributed by atoms with Gasteiger partial charge < -0.3 is 45.1 Å². The summed E-state index contributed by atoms with van der Waals surface area (Å²) in [6, 6.07) is 13.6. The van der Waals surface area contributed by atoms with Crippen molar-refractivity contribution in [3.8, 4) is 28.2 Å². The molecule has 0 aromatic heterocycles. The lowest BCUT2D eigenvalue weighted by molar-refractivity contribution is -0.151. The summed E-state index contributed by atoms with van der Waals surface area (Å²) < 4.78 is 11.8. The van der Waals surface area contributed by atoms with Crippen LogP contribution in [0.2, 0.25) is 0 Å². The topological polar surface area (TPSA) is 207 Å². The molecule has 3 fully saturated rings. The molecule has 324 valence electrons. The Morgan fingerprint density at radius 2 is 1.70 bits per heavy atom. The average molecular weight is 854 g/mol. The number of thiocarbonyl (C=S) groups is 1. The smallest absolute Gasteiger partial charge is 0.336 e. The lowest BCUT2D eigenvalue weighted by Gasteiger charge is -2.58. The molecule has 7 N–H and O–H groups in total. The van der Waals surface area contributed by atoms with Crippen molar-refractivity contribution >= 4 is 45.8 Å². The van der Waals surface area contributed by atoms with Crippen molar-refractivity contribution in [1.29, 1.82) is 0 Å². The Hall–Kier alpha value is -4.66. The normalized spacial score (nSPS) is 30.4. The number of carboxylic acid groups (broad SMARTS) is 1. The molecule has 0 bridgehead atoms. The predicted molar refractivity (Wildman–Crippen MR) is 233 cm³/mol. The van der Waals surface area contributed by atoms with E-state index in [2.05, 4.69) is 19.2 Å². The molecule has 13 heteroatoms. The summed E-state index contributed by atoms with van der Waals surface area (Å²) in [5, 5.41) is 68.7. The van der Waals surface area contributed by atoms with Gasteiger partial charge in [-0.05, 0) is 153 Å². The number of aromatic carboxylic acids is 1. The second kappa shape index (κ2) is 15.9. The molecule has 11 atom stereocenters. The third kappa shape index (κ3) is 7.56. The number of ether oxygens (including phenoxy) is 1. The van der Waals surface area contributed by atoms with Crippen LogP contribution in [0, 0.1) is 40.4 Å². The zero-order chi connectivity index (χ0) is 43.8. The van der Waals surface area contributed by atoms with Gasteiger partial charge in [-0.1, -0.05) is 32.4 Å². The van der Waals surface area contributed by atoms with Gasteiger partial charge in [-0.25, -0.2) is 4.79 Å². The average Bonchev–Trinajstić information content (AvgIpc) is 3.57. The van der Waals surface area contributed by atoms with Gasteiger partial charge in [0.1, 0.15) is 17.1 Å². The van der Waals surface area contributed by atoms with Crippen molar-refractivity contribution in [1.82, 2.24) is 0 Å². The minimum Gasteiger partial charge on any atom is -0.508 e. The van der Waals surface area contributed by atoms with Crippen LogP contribution in [0.4, 0.5) is 5.69 Å². The molecule has 0 radical (unpaired) electrons. The number of aliphatic hydroxyl groups is 4. The quantitative estimate of drug-likeness (QED) is 0.0619. The molecule has 6 unspecified atom stereocenters. The number of allylic oxidation sites excluding steroid dienone is 2. The number of carboxylic acids is 1. The Morgan fingerprint density at radius 1 is 0.967 bits per heavy atom. The molecule has 12 nitrogen and oxygen atoms in total. The summed E-state index contributed by atoms with van der Waals surface area (Å²) in [5.41, 5.74) is 0.760. The third-order valence-corrected chi connectivity index (χ3v) is 15.4. The van der Waals surface area contributed by atoms with E-state index in [4.69, 9.17) is 21.4 Å². The van der Waals surface area contributed by atoms with Crippen molar-refractivity contribution in [2.45, 2.75) is 103 Å². The SMILES string of the molecule is CC(CC[C@@H](O)[C@](C)(O)[C@H]1CCC2C3=CC(=O)C4CC(O)C(O)C[C@]4(C)C3CC[C@@]21C)COC(=S)Nc1ccc(-c2c3ccc(=O)cc-3oc3cc(O)ccc23)c(C(=O)O)c1. The van der Waals surface area contributed by atoms with E-state index in [1.165, 1.54) is 30.3 Å². The number of aliphatic hydroxyl groups excluding tert-OH is 3. The summed E-state index contributed by atoms with van der Waals surface area (Å²) in [5.74, 6) is -1.31. The van der Waals surface area contributed by atoms with E-state index in [0.717, 1.165) is 31.3 Å². The van der Waals surface area contributed by atoms with Gasteiger partial charge in [0.25, 0.3) is 5.17 Å². The first kappa shape index (κ1) is 43.0. The van der Waals surface area contributed by atoms with Crippen molar-refractivity contribution < 1.29 is 49.4 Å². The highest BCUT2D eigenvalue weighted by molar-refractivity contribution is 7.80. The molecule has 0 spiro atoms. The molecule has 5 aliphatic carbocycles. The summed E-state index contributed by atoms with van der Waals surface area (Å²) in [7, 11) is 0. The number of aromatic hydroxyl groups is 1. The van der Waals surface area contributed by atoms with Crippen LogP contribution in [0.3, 0.4) is 0 Å². The number of hydrogen-bond acceptors (Lipinski definition) is 11. The van der Waals surface area contributed by atoms with Crippen LogP contribution in [-0.2, 0) is 9.53 Å². The summed E-state index contributed by atoms with van der Waals surface area (Å²) in [6.45, 7) is 8.21. The van der Waals surface area contributed by atoms with Gasteiger partial charge in [-0.15, -0.1) is 0 Å². The molecule has 2 aromatic rings. The molecule has 2 aromatic carbocycles. The molecule has 0 amide bonds. The first-order valence-corrected chi connectivity index (χ1v) is 21.8. The number of hydrogen-bond donors (Lipinski definition) is 7. The van der Waals surface area contributed by atoms with Gasteiger partial charge in [0.15, 0.2) is 11.2 Å². The molecule has 6 aliphatic rings. The van der Waals surface area contributed by atoms with Gasteiger partial charge >= 0.3 is 5.97 Å². The van der Waals surface area contributed by atoms with Crippen molar-refractivity contribution in [3.63, 3.8) is 0 Å².